The average Bonchev–Trinajstić information content (AvgIpc) is 2.26. The molecule has 3 atom stereocenters. The fourth-order valence-electron chi connectivity index (χ4n) is 2.59. The molecule has 0 aliphatic heterocycles. The van der Waals surface area contributed by atoms with E-state index in [1.54, 1.807) is 5.57 Å². The molecule has 0 saturated carbocycles. The lowest BCUT2D eigenvalue weighted by Gasteiger charge is -2.33. The Morgan fingerprint density at radius 2 is 2.07 bits per heavy atom. The van der Waals surface area contributed by atoms with Crippen LogP contribution in [0, 0.1) is 17.8 Å². The Morgan fingerprint density at radius 1 is 1.36 bits per heavy atom. The van der Waals surface area contributed by atoms with E-state index < -0.39 is 0 Å². The summed E-state index contributed by atoms with van der Waals surface area (Å²) < 4.78 is 0. The van der Waals surface area contributed by atoms with Gasteiger partial charge in [-0.05, 0) is 31.1 Å². The van der Waals surface area contributed by atoms with Crippen molar-refractivity contribution in [3.8, 4) is 0 Å². The predicted octanol–water partition coefficient (Wildman–Crippen LogP) is 3.59. The summed E-state index contributed by atoms with van der Waals surface area (Å²) in [6, 6.07) is 0. The van der Waals surface area contributed by atoms with Gasteiger partial charge in [0.05, 0.1) is 0 Å². The van der Waals surface area contributed by atoms with Crippen LogP contribution < -0.4 is 0 Å². The Kier molecular flexibility index (Phi) is 4.37. The number of hydrogen-bond acceptors (Lipinski definition) is 1. The number of rotatable bonds is 4. The molecule has 0 N–H and O–H groups in total. The van der Waals surface area contributed by atoms with Crippen molar-refractivity contribution >= 4 is 6.29 Å². The fourth-order valence-corrected chi connectivity index (χ4v) is 2.59. The summed E-state index contributed by atoms with van der Waals surface area (Å²) in [4.78, 5) is 11.1. The zero-order chi connectivity index (χ0) is 10.6. The van der Waals surface area contributed by atoms with Crippen molar-refractivity contribution in [2.45, 2.75) is 46.5 Å². The molecule has 0 aromatic heterocycles. The molecule has 0 spiro atoms. The van der Waals surface area contributed by atoms with Gasteiger partial charge >= 0.3 is 0 Å². The standard InChI is InChI=1S/C13H22O/c1-4-10-7-11(5-2)13(9-14)12(6-3)8-10/h7,9,11-13H,4-6,8H2,1-3H3. The van der Waals surface area contributed by atoms with Gasteiger partial charge in [0, 0.05) is 5.92 Å². The monoisotopic (exact) mass is 194 g/mol. The van der Waals surface area contributed by atoms with Crippen molar-refractivity contribution in [1.82, 2.24) is 0 Å². The van der Waals surface area contributed by atoms with Crippen LogP contribution in [0.4, 0.5) is 0 Å². The van der Waals surface area contributed by atoms with E-state index in [1.165, 1.54) is 6.29 Å². The number of carbonyl (C=O) groups is 1. The van der Waals surface area contributed by atoms with Crippen LogP contribution in [-0.4, -0.2) is 6.29 Å². The zero-order valence-electron chi connectivity index (χ0n) is 9.62. The molecule has 0 fully saturated rings. The minimum absolute atomic E-state index is 0.278. The fraction of sp³-hybridized carbons (Fsp3) is 0.769. The van der Waals surface area contributed by atoms with Crippen molar-refractivity contribution in [3.05, 3.63) is 11.6 Å². The number of aldehydes is 1. The highest BCUT2D eigenvalue weighted by Gasteiger charge is 2.30. The van der Waals surface area contributed by atoms with E-state index in [9.17, 15) is 4.79 Å². The van der Waals surface area contributed by atoms with Crippen LogP contribution in [0.1, 0.15) is 46.5 Å². The molecule has 0 bridgehead atoms. The van der Waals surface area contributed by atoms with Gasteiger partial charge in [0.2, 0.25) is 0 Å². The van der Waals surface area contributed by atoms with Gasteiger partial charge < -0.3 is 4.79 Å². The van der Waals surface area contributed by atoms with Crippen molar-refractivity contribution in [2.75, 3.05) is 0 Å². The predicted molar refractivity (Wildman–Crippen MR) is 60.1 cm³/mol. The Hall–Kier alpha value is -0.590. The van der Waals surface area contributed by atoms with E-state index in [4.69, 9.17) is 0 Å². The largest absolute Gasteiger partial charge is 0.303 e. The molecule has 0 aromatic rings. The second-order valence-electron chi connectivity index (χ2n) is 4.34. The zero-order valence-corrected chi connectivity index (χ0v) is 9.62. The Balaban J connectivity index is 2.83. The number of carbonyl (C=O) groups excluding carboxylic acids is 1. The smallest absolute Gasteiger partial charge is 0.123 e. The molecule has 1 heteroatoms. The van der Waals surface area contributed by atoms with E-state index >= 15 is 0 Å². The number of hydrogen-bond donors (Lipinski definition) is 0. The van der Waals surface area contributed by atoms with Crippen LogP contribution >= 0.6 is 0 Å². The first-order chi connectivity index (χ1) is 6.76. The van der Waals surface area contributed by atoms with Gasteiger partial charge in [-0.3, -0.25) is 0 Å². The molecule has 14 heavy (non-hydrogen) atoms. The van der Waals surface area contributed by atoms with E-state index in [1.807, 2.05) is 0 Å². The third-order valence-electron chi connectivity index (χ3n) is 3.62. The maximum atomic E-state index is 11.1. The van der Waals surface area contributed by atoms with Gasteiger partial charge in [-0.25, -0.2) is 0 Å². The molecule has 3 unspecified atom stereocenters. The Bertz CT molecular complexity index is 217. The topological polar surface area (TPSA) is 17.1 Å². The van der Waals surface area contributed by atoms with Gasteiger partial charge in [-0.1, -0.05) is 38.8 Å². The first-order valence-corrected chi connectivity index (χ1v) is 5.91. The van der Waals surface area contributed by atoms with Crippen LogP contribution in [0.2, 0.25) is 0 Å². The maximum Gasteiger partial charge on any atom is 0.123 e. The third-order valence-corrected chi connectivity index (χ3v) is 3.62. The lowest BCUT2D eigenvalue weighted by atomic mass is 9.71. The number of allylic oxidation sites excluding steroid dienone is 2. The first-order valence-electron chi connectivity index (χ1n) is 5.91. The molecular formula is C13H22O. The molecule has 80 valence electrons. The minimum atomic E-state index is 0.278. The lowest BCUT2D eigenvalue weighted by molar-refractivity contribution is -0.114. The molecule has 0 heterocycles. The van der Waals surface area contributed by atoms with Crippen molar-refractivity contribution in [1.29, 1.82) is 0 Å². The molecule has 0 radical (unpaired) electrons. The summed E-state index contributed by atoms with van der Waals surface area (Å²) in [5.41, 5.74) is 1.56. The molecule has 0 aromatic carbocycles. The van der Waals surface area contributed by atoms with Gasteiger partial charge in [-0.15, -0.1) is 0 Å². The van der Waals surface area contributed by atoms with Gasteiger partial charge in [0.1, 0.15) is 6.29 Å². The van der Waals surface area contributed by atoms with Crippen LogP contribution in [0.5, 0.6) is 0 Å². The van der Waals surface area contributed by atoms with Crippen molar-refractivity contribution < 1.29 is 4.79 Å². The van der Waals surface area contributed by atoms with Crippen LogP contribution in [0.25, 0.3) is 0 Å². The summed E-state index contributed by atoms with van der Waals surface area (Å²) in [6.45, 7) is 6.60. The molecule has 0 saturated heterocycles. The van der Waals surface area contributed by atoms with E-state index in [0.29, 0.717) is 11.8 Å². The van der Waals surface area contributed by atoms with Crippen LogP contribution in [0.3, 0.4) is 0 Å². The lowest BCUT2D eigenvalue weighted by Crippen LogP contribution is -2.27. The second-order valence-corrected chi connectivity index (χ2v) is 4.34. The molecule has 1 rings (SSSR count). The highest BCUT2D eigenvalue weighted by molar-refractivity contribution is 5.56. The third kappa shape index (κ3) is 2.26. The summed E-state index contributed by atoms with van der Waals surface area (Å²) >= 11 is 0. The van der Waals surface area contributed by atoms with Gasteiger partial charge in [0.25, 0.3) is 0 Å². The first kappa shape index (κ1) is 11.5. The molecule has 1 aliphatic carbocycles. The molecule has 1 nitrogen and oxygen atoms in total. The Morgan fingerprint density at radius 3 is 2.50 bits per heavy atom. The van der Waals surface area contributed by atoms with Crippen molar-refractivity contribution in [3.63, 3.8) is 0 Å². The average molecular weight is 194 g/mol. The van der Waals surface area contributed by atoms with E-state index in [-0.39, 0.29) is 5.92 Å². The van der Waals surface area contributed by atoms with Crippen LogP contribution in [0.15, 0.2) is 11.6 Å². The summed E-state index contributed by atoms with van der Waals surface area (Å²) in [7, 11) is 0. The summed E-state index contributed by atoms with van der Waals surface area (Å²) in [6.07, 6.45) is 8.07. The minimum Gasteiger partial charge on any atom is -0.303 e. The Labute approximate surface area is 87.6 Å². The van der Waals surface area contributed by atoms with Gasteiger partial charge in [-0.2, -0.15) is 0 Å². The summed E-state index contributed by atoms with van der Waals surface area (Å²) in [5, 5.41) is 0. The molecule has 0 amide bonds. The van der Waals surface area contributed by atoms with E-state index in [0.717, 1.165) is 25.7 Å². The normalized spacial score (nSPS) is 32.5. The highest BCUT2D eigenvalue weighted by atomic mass is 16.1. The van der Waals surface area contributed by atoms with E-state index in [2.05, 4.69) is 26.8 Å². The molecule has 1 aliphatic rings. The van der Waals surface area contributed by atoms with Gasteiger partial charge in [0.15, 0.2) is 0 Å². The quantitative estimate of drug-likeness (QED) is 0.493. The maximum absolute atomic E-state index is 11.1. The van der Waals surface area contributed by atoms with Crippen molar-refractivity contribution in [2.24, 2.45) is 17.8 Å². The molecular weight excluding hydrogens is 172 g/mol. The summed E-state index contributed by atoms with van der Waals surface area (Å²) in [5.74, 6) is 1.37. The second kappa shape index (κ2) is 5.33. The SMILES string of the molecule is CCC1=CC(CC)C(C=O)C(CC)C1. The van der Waals surface area contributed by atoms with Crippen LogP contribution in [-0.2, 0) is 4.79 Å². The highest BCUT2D eigenvalue weighted by Crippen LogP contribution is 2.37.